The Kier molecular flexibility index (Phi) is 4.76. The molecule has 1 aromatic rings. The summed E-state index contributed by atoms with van der Waals surface area (Å²) in [5.41, 5.74) is 6.40. The van der Waals surface area contributed by atoms with Gasteiger partial charge in [-0.2, -0.15) is 0 Å². The molecule has 5 nitrogen and oxygen atoms in total. The van der Waals surface area contributed by atoms with E-state index in [-0.39, 0.29) is 5.91 Å². The van der Waals surface area contributed by atoms with Crippen molar-refractivity contribution in [1.82, 2.24) is 14.8 Å². The summed E-state index contributed by atoms with van der Waals surface area (Å²) >= 11 is 1.39. The third kappa shape index (κ3) is 3.67. The Bertz CT molecular complexity index is 434. The van der Waals surface area contributed by atoms with Crippen LogP contribution in [0.15, 0.2) is 5.38 Å². The van der Waals surface area contributed by atoms with Gasteiger partial charge in [0.25, 0.3) is 0 Å². The molecule has 0 spiro atoms. The first-order valence-electron chi connectivity index (χ1n) is 6.78. The molecule has 1 amide bonds. The van der Waals surface area contributed by atoms with Gasteiger partial charge in [-0.1, -0.05) is 6.92 Å². The van der Waals surface area contributed by atoms with E-state index in [0.29, 0.717) is 17.6 Å². The van der Waals surface area contributed by atoms with Crippen LogP contribution in [-0.2, 0) is 11.2 Å². The molecule has 0 aliphatic carbocycles. The van der Waals surface area contributed by atoms with E-state index in [1.165, 1.54) is 11.3 Å². The van der Waals surface area contributed by atoms with Gasteiger partial charge in [0.15, 0.2) is 5.13 Å². The SMILES string of the molecule is CCC1CN(C)CCCN1C(=O)Cc1csc(N)n1. The summed E-state index contributed by atoms with van der Waals surface area (Å²) in [7, 11) is 2.12. The van der Waals surface area contributed by atoms with Gasteiger partial charge in [-0.05, 0) is 26.4 Å². The molecule has 1 aromatic heterocycles. The summed E-state index contributed by atoms with van der Waals surface area (Å²) in [4.78, 5) is 20.9. The van der Waals surface area contributed by atoms with Crippen molar-refractivity contribution in [3.05, 3.63) is 11.1 Å². The number of carbonyl (C=O) groups excluding carboxylic acids is 1. The lowest BCUT2D eigenvalue weighted by atomic mass is 10.1. The maximum absolute atomic E-state index is 12.4. The van der Waals surface area contributed by atoms with Crippen LogP contribution in [0.2, 0.25) is 0 Å². The average Bonchev–Trinajstić information content (AvgIpc) is 2.67. The van der Waals surface area contributed by atoms with Crippen LogP contribution in [0, 0.1) is 0 Å². The molecule has 1 aliphatic rings. The van der Waals surface area contributed by atoms with E-state index in [1.54, 1.807) is 0 Å². The molecule has 106 valence electrons. The van der Waals surface area contributed by atoms with E-state index in [9.17, 15) is 4.79 Å². The fraction of sp³-hybridized carbons (Fsp3) is 0.692. The number of amides is 1. The van der Waals surface area contributed by atoms with E-state index in [0.717, 1.165) is 38.2 Å². The number of hydrogen-bond donors (Lipinski definition) is 1. The number of nitrogen functional groups attached to an aromatic ring is 1. The van der Waals surface area contributed by atoms with Crippen LogP contribution in [0.25, 0.3) is 0 Å². The van der Waals surface area contributed by atoms with Crippen molar-refractivity contribution in [3.8, 4) is 0 Å². The number of likely N-dealkylation sites (N-methyl/N-ethyl adjacent to an activating group) is 1. The van der Waals surface area contributed by atoms with E-state index < -0.39 is 0 Å². The first-order valence-corrected chi connectivity index (χ1v) is 7.66. The molecule has 1 fully saturated rings. The highest BCUT2D eigenvalue weighted by atomic mass is 32.1. The summed E-state index contributed by atoms with van der Waals surface area (Å²) in [5, 5.41) is 2.41. The molecule has 0 bridgehead atoms. The predicted molar refractivity (Wildman–Crippen MR) is 78.1 cm³/mol. The van der Waals surface area contributed by atoms with Crippen LogP contribution >= 0.6 is 11.3 Å². The van der Waals surface area contributed by atoms with Crippen LogP contribution in [0.3, 0.4) is 0 Å². The highest BCUT2D eigenvalue weighted by molar-refractivity contribution is 7.13. The zero-order valence-corrected chi connectivity index (χ0v) is 12.4. The van der Waals surface area contributed by atoms with Gasteiger partial charge in [-0.15, -0.1) is 11.3 Å². The highest BCUT2D eigenvalue weighted by Crippen LogP contribution is 2.16. The normalized spacial score (nSPS) is 21.4. The summed E-state index contributed by atoms with van der Waals surface area (Å²) < 4.78 is 0. The molecule has 1 atom stereocenters. The lowest BCUT2D eigenvalue weighted by Gasteiger charge is -2.30. The summed E-state index contributed by atoms with van der Waals surface area (Å²) in [5.74, 6) is 0.174. The van der Waals surface area contributed by atoms with E-state index >= 15 is 0 Å². The number of nitrogens with two attached hydrogens (primary N) is 1. The van der Waals surface area contributed by atoms with E-state index in [2.05, 4.69) is 23.9 Å². The van der Waals surface area contributed by atoms with Crippen molar-refractivity contribution in [2.75, 3.05) is 32.4 Å². The zero-order chi connectivity index (χ0) is 13.8. The molecule has 1 unspecified atom stereocenters. The number of rotatable bonds is 3. The van der Waals surface area contributed by atoms with Crippen LogP contribution < -0.4 is 5.73 Å². The Morgan fingerprint density at radius 1 is 1.58 bits per heavy atom. The second-order valence-electron chi connectivity index (χ2n) is 5.12. The van der Waals surface area contributed by atoms with E-state index in [1.807, 2.05) is 10.3 Å². The highest BCUT2D eigenvalue weighted by Gasteiger charge is 2.26. The summed E-state index contributed by atoms with van der Waals surface area (Å²) in [6.07, 6.45) is 2.40. The van der Waals surface area contributed by atoms with Gasteiger partial charge in [0.2, 0.25) is 5.91 Å². The number of aromatic nitrogens is 1. The third-order valence-corrected chi connectivity index (χ3v) is 4.32. The Morgan fingerprint density at radius 3 is 3.00 bits per heavy atom. The number of thiazole rings is 1. The molecule has 19 heavy (non-hydrogen) atoms. The second kappa shape index (κ2) is 6.34. The zero-order valence-electron chi connectivity index (χ0n) is 11.6. The maximum Gasteiger partial charge on any atom is 0.228 e. The minimum Gasteiger partial charge on any atom is -0.375 e. The average molecular weight is 282 g/mol. The number of hydrogen-bond acceptors (Lipinski definition) is 5. The number of anilines is 1. The molecule has 0 aromatic carbocycles. The van der Waals surface area contributed by atoms with Crippen LogP contribution in [-0.4, -0.2) is 53.4 Å². The predicted octanol–water partition coefficient (Wildman–Crippen LogP) is 1.21. The molecule has 6 heteroatoms. The maximum atomic E-state index is 12.4. The van der Waals surface area contributed by atoms with Gasteiger partial charge in [-0.3, -0.25) is 4.79 Å². The third-order valence-electron chi connectivity index (χ3n) is 3.60. The largest absolute Gasteiger partial charge is 0.375 e. The van der Waals surface area contributed by atoms with Crippen molar-refractivity contribution in [2.24, 2.45) is 0 Å². The van der Waals surface area contributed by atoms with Gasteiger partial charge >= 0.3 is 0 Å². The molecular formula is C13H22N4OS. The number of carbonyl (C=O) groups is 1. The Balaban J connectivity index is 2.03. The van der Waals surface area contributed by atoms with Gasteiger partial charge in [0.05, 0.1) is 12.1 Å². The lowest BCUT2D eigenvalue weighted by Crippen LogP contribution is -2.44. The molecule has 0 radical (unpaired) electrons. The minimum absolute atomic E-state index is 0.174. The minimum atomic E-state index is 0.174. The fourth-order valence-electron chi connectivity index (χ4n) is 2.58. The second-order valence-corrected chi connectivity index (χ2v) is 6.01. The van der Waals surface area contributed by atoms with Crippen molar-refractivity contribution in [2.45, 2.75) is 32.2 Å². The topological polar surface area (TPSA) is 62.5 Å². The van der Waals surface area contributed by atoms with Gasteiger partial charge < -0.3 is 15.5 Å². The molecule has 0 saturated carbocycles. The van der Waals surface area contributed by atoms with Crippen LogP contribution in [0.5, 0.6) is 0 Å². The van der Waals surface area contributed by atoms with Gasteiger partial charge in [0.1, 0.15) is 0 Å². The molecule has 2 heterocycles. The standard InChI is InChI=1S/C13H22N4OS/c1-3-11-8-16(2)5-4-6-17(11)12(18)7-10-9-19-13(14)15-10/h9,11H,3-8H2,1-2H3,(H2,14,15). The smallest absolute Gasteiger partial charge is 0.228 e. The van der Waals surface area contributed by atoms with Gasteiger partial charge in [0, 0.05) is 24.5 Å². The Labute approximate surface area is 118 Å². The van der Waals surface area contributed by atoms with Crippen LogP contribution in [0.4, 0.5) is 5.13 Å². The van der Waals surface area contributed by atoms with Crippen molar-refractivity contribution in [3.63, 3.8) is 0 Å². The molecule has 1 aliphatic heterocycles. The Morgan fingerprint density at radius 2 is 2.37 bits per heavy atom. The lowest BCUT2D eigenvalue weighted by molar-refractivity contribution is -0.132. The monoisotopic (exact) mass is 282 g/mol. The summed E-state index contributed by atoms with van der Waals surface area (Å²) in [6.45, 7) is 5.01. The quantitative estimate of drug-likeness (QED) is 0.905. The molecule has 1 saturated heterocycles. The van der Waals surface area contributed by atoms with E-state index in [4.69, 9.17) is 5.73 Å². The Hall–Kier alpha value is -1.14. The first-order chi connectivity index (χ1) is 9.10. The van der Waals surface area contributed by atoms with Crippen molar-refractivity contribution >= 4 is 22.4 Å². The molecule has 2 N–H and O–H groups in total. The van der Waals surface area contributed by atoms with Crippen LogP contribution in [0.1, 0.15) is 25.5 Å². The van der Waals surface area contributed by atoms with Gasteiger partial charge in [-0.25, -0.2) is 4.98 Å². The summed E-state index contributed by atoms with van der Waals surface area (Å²) in [6, 6.07) is 0.316. The molecular weight excluding hydrogens is 260 g/mol. The molecule has 2 rings (SSSR count). The fourth-order valence-corrected chi connectivity index (χ4v) is 3.14. The number of nitrogens with zero attached hydrogens (tertiary/aromatic N) is 3. The van der Waals surface area contributed by atoms with Crippen molar-refractivity contribution in [1.29, 1.82) is 0 Å². The van der Waals surface area contributed by atoms with Crippen molar-refractivity contribution < 1.29 is 4.79 Å². The first kappa shape index (κ1) is 14.3.